The highest BCUT2D eigenvalue weighted by atomic mass is 79.9. The molecule has 2 aromatic carbocycles. The van der Waals surface area contributed by atoms with Gasteiger partial charge in [-0.3, -0.25) is 4.79 Å². The summed E-state index contributed by atoms with van der Waals surface area (Å²) in [5, 5.41) is 22.6. The molecule has 0 fully saturated rings. The Morgan fingerprint density at radius 1 is 1.25 bits per heavy atom. The lowest BCUT2D eigenvalue weighted by Gasteiger charge is -2.15. The first-order chi connectivity index (χ1) is 13.2. The van der Waals surface area contributed by atoms with E-state index in [1.807, 2.05) is 0 Å². The predicted molar refractivity (Wildman–Crippen MR) is 109 cm³/mol. The number of rotatable bonds is 7. The van der Waals surface area contributed by atoms with Crippen molar-refractivity contribution >= 4 is 50.0 Å². The second kappa shape index (κ2) is 9.56. The van der Waals surface area contributed by atoms with Gasteiger partial charge in [0.2, 0.25) is 0 Å². The van der Waals surface area contributed by atoms with Crippen molar-refractivity contribution in [1.29, 1.82) is 0 Å². The summed E-state index contributed by atoms with van der Waals surface area (Å²) in [6.45, 7) is 1.39. The molecule has 0 saturated carbocycles. The van der Waals surface area contributed by atoms with E-state index < -0.39 is 18.0 Å². The number of aliphatic carboxylic acids is 1. The van der Waals surface area contributed by atoms with Crippen LogP contribution in [0.1, 0.15) is 22.8 Å². The molecule has 3 N–H and O–H groups in total. The van der Waals surface area contributed by atoms with Gasteiger partial charge in [0.05, 0.1) is 22.3 Å². The SMILES string of the molecule is COc1cccc(/C=N\NC(=O)c2cc(Br)c(O)c(Br)c2)c1O[C@H](C)C(=O)O. The highest BCUT2D eigenvalue weighted by molar-refractivity contribution is 9.11. The molecule has 0 unspecified atom stereocenters. The number of phenolic OH excluding ortho intramolecular Hbond substituents is 1. The third-order valence-electron chi connectivity index (χ3n) is 3.52. The summed E-state index contributed by atoms with van der Waals surface area (Å²) in [6, 6.07) is 7.81. The molecule has 0 aliphatic rings. The fourth-order valence-electron chi connectivity index (χ4n) is 2.07. The molecule has 8 nitrogen and oxygen atoms in total. The number of carboxylic acids is 1. The van der Waals surface area contributed by atoms with Crippen LogP contribution in [0.2, 0.25) is 0 Å². The van der Waals surface area contributed by atoms with Gasteiger partial charge in [-0.1, -0.05) is 6.07 Å². The summed E-state index contributed by atoms with van der Waals surface area (Å²) in [4.78, 5) is 23.3. The summed E-state index contributed by atoms with van der Waals surface area (Å²) < 4.78 is 11.3. The summed E-state index contributed by atoms with van der Waals surface area (Å²) in [5.74, 6) is -1.15. The van der Waals surface area contributed by atoms with Crippen molar-refractivity contribution in [2.75, 3.05) is 7.11 Å². The molecule has 0 aliphatic carbocycles. The fraction of sp³-hybridized carbons (Fsp3) is 0.167. The fourth-order valence-corrected chi connectivity index (χ4v) is 3.26. The largest absolute Gasteiger partial charge is 0.506 e. The van der Waals surface area contributed by atoms with E-state index in [0.29, 0.717) is 20.3 Å². The van der Waals surface area contributed by atoms with Crippen LogP contribution in [0.4, 0.5) is 0 Å². The van der Waals surface area contributed by atoms with E-state index >= 15 is 0 Å². The first kappa shape index (κ1) is 21.7. The minimum atomic E-state index is -1.13. The lowest BCUT2D eigenvalue weighted by atomic mass is 10.2. The van der Waals surface area contributed by atoms with Gasteiger partial charge in [0.15, 0.2) is 17.6 Å². The highest BCUT2D eigenvalue weighted by Gasteiger charge is 2.18. The number of hydrogen-bond donors (Lipinski definition) is 3. The third-order valence-corrected chi connectivity index (χ3v) is 4.73. The third kappa shape index (κ3) is 5.23. The van der Waals surface area contributed by atoms with Crippen molar-refractivity contribution in [3.8, 4) is 17.2 Å². The topological polar surface area (TPSA) is 117 Å². The Bertz CT molecular complexity index is 909. The zero-order valence-electron chi connectivity index (χ0n) is 14.8. The molecule has 0 heterocycles. The molecule has 0 spiro atoms. The number of carboxylic acid groups (broad SMARTS) is 1. The first-order valence-corrected chi connectivity index (χ1v) is 9.41. The molecule has 0 aliphatic heterocycles. The van der Waals surface area contributed by atoms with Crippen LogP contribution in [-0.4, -0.2) is 41.5 Å². The van der Waals surface area contributed by atoms with Crippen molar-refractivity contribution in [3.05, 3.63) is 50.4 Å². The summed E-state index contributed by atoms with van der Waals surface area (Å²) >= 11 is 6.31. The molecule has 28 heavy (non-hydrogen) atoms. The van der Waals surface area contributed by atoms with E-state index in [9.17, 15) is 14.7 Å². The van der Waals surface area contributed by atoms with Crippen LogP contribution in [0.25, 0.3) is 0 Å². The van der Waals surface area contributed by atoms with Gasteiger partial charge in [0, 0.05) is 11.1 Å². The maximum atomic E-state index is 12.2. The number of nitrogens with one attached hydrogen (secondary N) is 1. The maximum Gasteiger partial charge on any atom is 0.344 e. The number of aromatic hydroxyl groups is 1. The molecule has 0 radical (unpaired) electrons. The Morgan fingerprint density at radius 2 is 1.89 bits per heavy atom. The second-order valence-corrected chi connectivity index (χ2v) is 7.17. The van der Waals surface area contributed by atoms with Gasteiger partial charge in [-0.05, 0) is 63.0 Å². The molecule has 0 bridgehead atoms. The standard InChI is InChI=1S/C18H16Br2N2O6/c1-9(18(25)26)28-16-10(4-3-5-14(16)27-2)8-21-22-17(24)11-6-12(19)15(23)13(20)7-11/h3-9,23H,1-2H3,(H,22,24)(H,25,26)/b21-8-/t9-/m1/s1. The van der Waals surface area contributed by atoms with Crippen LogP contribution in [0.15, 0.2) is 44.4 Å². The van der Waals surface area contributed by atoms with Crippen molar-refractivity contribution in [2.45, 2.75) is 13.0 Å². The van der Waals surface area contributed by atoms with Crippen molar-refractivity contribution < 1.29 is 29.3 Å². The highest BCUT2D eigenvalue weighted by Crippen LogP contribution is 2.33. The molecule has 0 aromatic heterocycles. The first-order valence-electron chi connectivity index (χ1n) is 7.82. The normalized spacial score (nSPS) is 11.9. The van der Waals surface area contributed by atoms with E-state index in [4.69, 9.17) is 14.6 Å². The van der Waals surface area contributed by atoms with Gasteiger partial charge in [-0.2, -0.15) is 5.10 Å². The van der Waals surface area contributed by atoms with Crippen LogP contribution in [0.3, 0.4) is 0 Å². The van der Waals surface area contributed by atoms with Gasteiger partial charge in [0.25, 0.3) is 5.91 Å². The number of ether oxygens (including phenoxy) is 2. The summed E-state index contributed by atoms with van der Waals surface area (Å²) in [7, 11) is 1.43. The number of carbonyl (C=O) groups excluding carboxylic acids is 1. The number of phenols is 1. The minimum absolute atomic E-state index is 0.0224. The number of benzene rings is 2. The molecule has 10 heteroatoms. The Kier molecular flexibility index (Phi) is 7.41. The molecule has 2 aromatic rings. The summed E-state index contributed by atoms with van der Waals surface area (Å²) in [5.41, 5.74) is 3.03. The van der Waals surface area contributed by atoms with E-state index in [-0.39, 0.29) is 17.1 Å². The lowest BCUT2D eigenvalue weighted by molar-refractivity contribution is -0.144. The number of nitrogens with zero attached hydrogens (tertiary/aromatic N) is 1. The molecule has 1 amide bonds. The van der Waals surface area contributed by atoms with Crippen molar-refractivity contribution in [1.82, 2.24) is 5.43 Å². The van der Waals surface area contributed by atoms with Gasteiger partial charge in [0.1, 0.15) is 5.75 Å². The van der Waals surface area contributed by atoms with Crippen LogP contribution in [0, 0.1) is 0 Å². The number of amides is 1. The number of hydrogen-bond acceptors (Lipinski definition) is 6. The number of para-hydroxylation sites is 1. The van der Waals surface area contributed by atoms with Crippen LogP contribution in [-0.2, 0) is 4.79 Å². The average Bonchev–Trinajstić information content (AvgIpc) is 2.66. The molecular weight excluding hydrogens is 500 g/mol. The van der Waals surface area contributed by atoms with Gasteiger partial charge in [-0.15, -0.1) is 0 Å². The smallest absolute Gasteiger partial charge is 0.344 e. The predicted octanol–water partition coefficient (Wildman–Crippen LogP) is 3.54. The van der Waals surface area contributed by atoms with E-state index in [0.717, 1.165) is 0 Å². The Balaban J connectivity index is 2.22. The van der Waals surface area contributed by atoms with Gasteiger partial charge in [-0.25, -0.2) is 10.2 Å². The van der Waals surface area contributed by atoms with Crippen LogP contribution < -0.4 is 14.9 Å². The number of methoxy groups -OCH3 is 1. The monoisotopic (exact) mass is 514 g/mol. The average molecular weight is 516 g/mol. The zero-order valence-corrected chi connectivity index (χ0v) is 17.9. The van der Waals surface area contributed by atoms with Gasteiger partial charge < -0.3 is 19.7 Å². The van der Waals surface area contributed by atoms with Crippen LogP contribution >= 0.6 is 31.9 Å². The van der Waals surface area contributed by atoms with E-state index in [2.05, 4.69) is 42.4 Å². The Hall–Kier alpha value is -2.59. The van der Waals surface area contributed by atoms with Crippen molar-refractivity contribution in [3.63, 3.8) is 0 Å². The Morgan fingerprint density at radius 3 is 2.46 bits per heavy atom. The van der Waals surface area contributed by atoms with E-state index in [1.165, 1.54) is 32.4 Å². The lowest BCUT2D eigenvalue weighted by Crippen LogP contribution is -2.24. The maximum absolute atomic E-state index is 12.2. The molecule has 2 rings (SSSR count). The molecule has 148 valence electrons. The van der Waals surface area contributed by atoms with E-state index in [1.54, 1.807) is 18.2 Å². The molecule has 1 atom stereocenters. The summed E-state index contributed by atoms with van der Waals surface area (Å²) in [6.07, 6.45) is 0.208. The minimum Gasteiger partial charge on any atom is -0.506 e. The zero-order chi connectivity index (χ0) is 20.8. The molecule has 0 saturated heterocycles. The van der Waals surface area contributed by atoms with Gasteiger partial charge >= 0.3 is 5.97 Å². The second-order valence-electron chi connectivity index (χ2n) is 5.46. The number of halogens is 2. The molecular formula is C18H16Br2N2O6. The Labute approximate surface area is 177 Å². The number of hydrazone groups is 1. The van der Waals surface area contributed by atoms with Crippen LogP contribution in [0.5, 0.6) is 17.2 Å². The van der Waals surface area contributed by atoms with Crippen molar-refractivity contribution in [2.24, 2.45) is 5.10 Å². The quantitative estimate of drug-likeness (QED) is 0.383. The number of carbonyl (C=O) groups is 2.